The third-order valence-corrected chi connectivity index (χ3v) is 3.82. The predicted molar refractivity (Wildman–Crippen MR) is 79.8 cm³/mol. The Labute approximate surface area is 125 Å². The summed E-state index contributed by atoms with van der Waals surface area (Å²) in [6.45, 7) is 1.98. The molecule has 3 aromatic rings. The zero-order valence-electron chi connectivity index (χ0n) is 10.6. The average Bonchev–Trinajstić information content (AvgIpc) is 2.84. The van der Waals surface area contributed by atoms with Crippen LogP contribution in [0.1, 0.15) is 21.6 Å². The van der Waals surface area contributed by atoms with Crippen molar-refractivity contribution in [2.75, 3.05) is 0 Å². The number of hydrogen-bond donors (Lipinski definition) is 0. The maximum absolute atomic E-state index is 12.5. The fourth-order valence-corrected chi connectivity index (χ4v) is 2.33. The molecule has 20 heavy (non-hydrogen) atoms. The number of fused-ring (bicyclic) bond motifs is 1. The van der Waals surface area contributed by atoms with E-state index >= 15 is 0 Å². The van der Waals surface area contributed by atoms with Gasteiger partial charge in [0, 0.05) is 11.8 Å². The average molecular weight is 305 g/mol. The molecule has 3 rings (SSSR count). The van der Waals surface area contributed by atoms with E-state index in [1.807, 2.05) is 25.3 Å². The van der Waals surface area contributed by atoms with Gasteiger partial charge in [0.05, 0.1) is 16.2 Å². The number of carbonyl (C=O) groups excluding carboxylic acids is 1. The first-order valence-electron chi connectivity index (χ1n) is 6.00. The number of aryl methyl sites for hydroxylation is 1. The number of halogens is 2. The fourth-order valence-electron chi connectivity index (χ4n) is 2.04. The van der Waals surface area contributed by atoms with Gasteiger partial charge < -0.3 is 0 Å². The van der Waals surface area contributed by atoms with Crippen LogP contribution in [0.5, 0.6) is 0 Å². The summed E-state index contributed by atoms with van der Waals surface area (Å²) in [5, 5.41) is 0.791. The first kappa shape index (κ1) is 13.2. The van der Waals surface area contributed by atoms with Gasteiger partial charge in [-0.05, 0) is 42.8 Å². The zero-order chi connectivity index (χ0) is 14.3. The lowest BCUT2D eigenvalue weighted by Gasteiger charge is -2.03. The zero-order valence-corrected chi connectivity index (χ0v) is 12.1. The van der Waals surface area contributed by atoms with Crippen molar-refractivity contribution >= 4 is 34.6 Å². The highest BCUT2D eigenvalue weighted by Crippen LogP contribution is 2.24. The van der Waals surface area contributed by atoms with Crippen LogP contribution in [0.25, 0.3) is 5.65 Å². The minimum atomic E-state index is -0.139. The van der Waals surface area contributed by atoms with E-state index in [1.165, 1.54) is 0 Å². The van der Waals surface area contributed by atoms with Gasteiger partial charge in [-0.15, -0.1) is 0 Å². The Bertz CT molecular complexity index is 824. The molecule has 2 aromatic heterocycles. The quantitative estimate of drug-likeness (QED) is 0.666. The second-order valence-corrected chi connectivity index (χ2v) is 5.35. The van der Waals surface area contributed by atoms with Crippen LogP contribution in [-0.2, 0) is 0 Å². The number of benzene rings is 1. The molecule has 0 amide bonds. The van der Waals surface area contributed by atoms with Crippen LogP contribution < -0.4 is 0 Å². The standard InChI is InChI=1S/C15H10Cl2N2O/c1-9-4-5-19-13(8-18-14(19)6-9)15(20)10-2-3-11(16)12(17)7-10/h2-8H,1H3. The molecule has 5 heteroatoms. The molecule has 0 spiro atoms. The van der Waals surface area contributed by atoms with Crippen LogP contribution in [0.15, 0.2) is 42.7 Å². The van der Waals surface area contributed by atoms with E-state index in [0.29, 0.717) is 21.3 Å². The van der Waals surface area contributed by atoms with Crippen LogP contribution in [-0.4, -0.2) is 15.2 Å². The van der Waals surface area contributed by atoms with Crippen molar-refractivity contribution in [2.45, 2.75) is 6.92 Å². The summed E-state index contributed by atoms with van der Waals surface area (Å²) in [7, 11) is 0. The predicted octanol–water partition coefficient (Wildman–Crippen LogP) is 4.18. The van der Waals surface area contributed by atoms with Gasteiger partial charge in [-0.3, -0.25) is 9.20 Å². The van der Waals surface area contributed by atoms with E-state index in [2.05, 4.69) is 4.98 Å². The molecule has 0 aliphatic carbocycles. The highest BCUT2D eigenvalue weighted by Gasteiger charge is 2.15. The van der Waals surface area contributed by atoms with E-state index in [4.69, 9.17) is 23.2 Å². The van der Waals surface area contributed by atoms with Gasteiger partial charge in [0.2, 0.25) is 5.78 Å². The lowest BCUT2D eigenvalue weighted by atomic mass is 10.1. The number of ketones is 1. The molecule has 2 heterocycles. The second kappa shape index (κ2) is 4.93. The van der Waals surface area contributed by atoms with Gasteiger partial charge in [0.25, 0.3) is 0 Å². The van der Waals surface area contributed by atoms with Gasteiger partial charge >= 0.3 is 0 Å². The van der Waals surface area contributed by atoms with Crippen LogP contribution in [0.3, 0.4) is 0 Å². The van der Waals surface area contributed by atoms with E-state index in [9.17, 15) is 4.79 Å². The number of rotatable bonds is 2. The summed E-state index contributed by atoms with van der Waals surface area (Å²) in [5.41, 5.74) is 2.82. The summed E-state index contributed by atoms with van der Waals surface area (Å²) >= 11 is 11.8. The van der Waals surface area contributed by atoms with E-state index in [1.54, 1.807) is 28.8 Å². The fraction of sp³-hybridized carbons (Fsp3) is 0.0667. The molecule has 0 saturated heterocycles. The smallest absolute Gasteiger partial charge is 0.211 e. The van der Waals surface area contributed by atoms with E-state index < -0.39 is 0 Å². The van der Waals surface area contributed by atoms with Gasteiger partial charge in [-0.1, -0.05) is 23.2 Å². The van der Waals surface area contributed by atoms with Crippen LogP contribution in [0.2, 0.25) is 10.0 Å². The third-order valence-electron chi connectivity index (χ3n) is 3.08. The summed E-state index contributed by atoms with van der Waals surface area (Å²) in [5.74, 6) is -0.139. The molecule has 0 N–H and O–H groups in total. The van der Waals surface area contributed by atoms with Crippen LogP contribution in [0, 0.1) is 6.92 Å². The van der Waals surface area contributed by atoms with Gasteiger partial charge in [0.15, 0.2) is 0 Å². The Hall–Kier alpha value is -1.84. The van der Waals surface area contributed by atoms with Gasteiger partial charge in [0.1, 0.15) is 11.3 Å². The van der Waals surface area contributed by atoms with Crippen molar-refractivity contribution in [3.63, 3.8) is 0 Å². The normalized spacial score (nSPS) is 10.9. The molecular weight excluding hydrogens is 295 g/mol. The minimum absolute atomic E-state index is 0.139. The van der Waals surface area contributed by atoms with Crippen molar-refractivity contribution in [3.8, 4) is 0 Å². The second-order valence-electron chi connectivity index (χ2n) is 4.53. The highest BCUT2D eigenvalue weighted by molar-refractivity contribution is 6.42. The number of imidazole rings is 1. The molecule has 0 atom stereocenters. The monoisotopic (exact) mass is 304 g/mol. The van der Waals surface area contributed by atoms with Crippen molar-refractivity contribution in [3.05, 3.63) is 69.6 Å². The summed E-state index contributed by atoms with van der Waals surface area (Å²) in [6.07, 6.45) is 3.40. The first-order chi connectivity index (χ1) is 9.56. The van der Waals surface area contributed by atoms with Crippen molar-refractivity contribution in [2.24, 2.45) is 0 Å². The molecule has 0 radical (unpaired) electrons. The molecule has 3 nitrogen and oxygen atoms in total. The number of aromatic nitrogens is 2. The maximum atomic E-state index is 12.5. The molecular formula is C15H10Cl2N2O. The Morgan fingerprint density at radius 2 is 1.95 bits per heavy atom. The Kier molecular flexibility index (Phi) is 3.24. The Morgan fingerprint density at radius 3 is 2.70 bits per heavy atom. The minimum Gasteiger partial charge on any atom is -0.297 e. The summed E-state index contributed by atoms with van der Waals surface area (Å²) in [6, 6.07) is 8.69. The molecule has 0 aliphatic heterocycles. The van der Waals surface area contributed by atoms with Gasteiger partial charge in [-0.25, -0.2) is 4.98 Å². The lowest BCUT2D eigenvalue weighted by molar-refractivity contribution is 0.103. The van der Waals surface area contributed by atoms with Crippen molar-refractivity contribution < 1.29 is 4.79 Å². The van der Waals surface area contributed by atoms with Crippen molar-refractivity contribution in [1.29, 1.82) is 0 Å². The largest absolute Gasteiger partial charge is 0.297 e. The number of pyridine rings is 1. The molecule has 0 bridgehead atoms. The Morgan fingerprint density at radius 1 is 1.15 bits per heavy atom. The van der Waals surface area contributed by atoms with E-state index in [0.717, 1.165) is 11.2 Å². The molecule has 0 aliphatic rings. The number of nitrogens with zero attached hydrogens (tertiary/aromatic N) is 2. The molecule has 0 saturated carbocycles. The third kappa shape index (κ3) is 2.19. The maximum Gasteiger partial charge on any atom is 0.211 e. The summed E-state index contributed by atoms with van der Waals surface area (Å²) < 4.78 is 1.76. The molecule has 0 fully saturated rings. The van der Waals surface area contributed by atoms with Gasteiger partial charge in [-0.2, -0.15) is 0 Å². The summed E-state index contributed by atoms with van der Waals surface area (Å²) in [4.78, 5) is 16.8. The molecule has 100 valence electrons. The topological polar surface area (TPSA) is 34.4 Å². The Balaban J connectivity index is 2.10. The van der Waals surface area contributed by atoms with Crippen molar-refractivity contribution in [1.82, 2.24) is 9.38 Å². The highest BCUT2D eigenvalue weighted by atomic mass is 35.5. The SMILES string of the molecule is Cc1ccn2c(C(=O)c3ccc(Cl)c(Cl)c3)cnc2c1. The van der Waals surface area contributed by atoms with Crippen LogP contribution >= 0.6 is 23.2 Å². The van der Waals surface area contributed by atoms with E-state index in [-0.39, 0.29) is 5.78 Å². The lowest BCUT2D eigenvalue weighted by Crippen LogP contribution is -2.05. The number of carbonyl (C=O) groups is 1. The van der Waals surface area contributed by atoms with Crippen LogP contribution in [0.4, 0.5) is 0 Å². The first-order valence-corrected chi connectivity index (χ1v) is 6.75. The molecule has 0 unspecified atom stereocenters. The number of hydrogen-bond acceptors (Lipinski definition) is 2. The molecule has 1 aromatic carbocycles.